The third kappa shape index (κ3) is 3.87. The average molecular weight is 358 g/mol. The largest absolute Gasteiger partial charge is 0.294 e. The lowest BCUT2D eigenvalue weighted by Crippen LogP contribution is -2.24. The van der Waals surface area contributed by atoms with Crippen LogP contribution in [-0.2, 0) is 11.2 Å². The Morgan fingerprint density at radius 2 is 2.20 bits per heavy atom. The Morgan fingerprint density at radius 3 is 2.92 bits per heavy atom. The highest BCUT2D eigenvalue weighted by atomic mass is 35.5. The van der Waals surface area contributed by atoms with Crippen LogP contribution < -0.4 is 5.32 Å². The fourth-order valence-corrected chi connectivity index (χ4v) is 3.12. The fraction of sp³-hybridized carbons (Fsp3) is 0.368. The van der Waals surface area contributed by atoms with Crippen LogP contribution in [0.5, 0.6) is 0 Å². The number of hydrogen-bond acceptors (Lipinski definition) is 4. The number of hydrogen-bond donors (Lipinski definition) is 1. The minimum atomic E-state index is -0.115. The first-order valence-electron chi connectivity index (χ1n) is 8.43. The highest BCUT2D eigenvalue weighted by Gasteiger charge is 2.28. The lowest BCUT2D eigenvalue weighted by atomic mass is 9.82. The molecule has 3 rings (SSSR count). The van der Waals surface area contributed by atoms with Crippen LogP contribution in [0, 0.1) is 5.92 Å². The molecule has 1 aliphatic carbocycles. The molecule has 1 aromatic carbocycles. The summed E-state index contributed by atoms with van der Waals surface area (Å²) in [6, 6.07) is 7.56. The number of amides is 1. The van der Waals surface area contributed by atoms with Gasteiger partial charge in [-0.25, -0.2) is 9.97 Å². The number of carbonyl (C=O) groups is 2. The maximum absolute atomic E-state index is 12.4. The van der Waals surface area contributed by atoms with E-state index in [1.165, 1.54) is 6.20 Å². The van der Waals surface area contributed by atoms with Crippen LogP contribution in [0.25, 0.3) is 0 Å². The molecule has 1 N–H and O–H groups in total. The topological polar surface area (TPSA) is 72.0 Å². The third-order valence-corrected chi connectivity index (χ3v) is 4.89. The number of rotatable bonds is 4. The predicted octanol–water partition coefficient (Wildman–Crippen LogP) is 4.03. The molecule has 0 bridgehead atoms. The van der Waals surface area contributed by atoms with E-state index in [0.29, 0.717) is 29.1 Å². The van der Waals surface area contributed by atoms with Crippen molar-refractivity contribution in [1.82, 2.24) is 9.97 Å². The zero-order valence-corrected chi connectivity index (χ0v) is 15.0. The number of benzene rings is 1. The summed E-state index contributed by atoms with van der Waals surface area (Å²) in [5.74, 6) is 0.0813. The smallest absolute Gasteiger partial charge is 0.229 e. The number of carbonyl (C=O) groups excluding carboxylic acids is 2. The van der Waals surface area contributed by atoms with Crippen LogP contribution in [-0.4, -0.2) is 21.7 Å². The zero-order valence-electron chi connectivity index (χ0n) is 14.3. The van der Waals surface area contributed by atoms with Crippen LogP contribution in [0.1, 0.15) is 54.2 Å². The number of anilines is 1. The Bertz CT molecular complexity index is 822. The molecule has 0 saturated heterocycles. The standard InChI is InChI=1S/C19H20ClN3O2/c1-3-11(2)18(25)23-19-21-10-15-16(22-19)8-13(9-17(15)24)12-5-4-6-14(20)7-12/h4-7,10-11,13H,3,8-9H2,1-2H3,(H,21,22,23,25)/t11-,13-/m0/s1. The fourth-order valence-electron chi connectivity index (χ4n) is 2.92. The number of nitrogens with zero attached hydrogens (tertiary/aromatic N) is 2. The zero-order chi connectivity index (χ0) is 18.0. The van der Waals surface area contributed by atoms with Gasteiger partial charge in [0.1, 0.15) is 0 Å². The number of Topliss-reactive ketones (excluding diaryl/α,β-unsaturated/α-hetero) is 1. The van der Waals surface area contributed by atoms with Gasteiger partial charge in [0, 0.05) is 23.6 Å². The van der Waals surface area contributed by atoms with Gasteiger partial charge in [-0.15, -0.1) is 0 Å². The lowest BCUT2D eigenvalue weighted by molar-refractivity contribution is -0.119. The number of halogens is 1. The molecule has 1 amide bonds. The van der Waals surface area contributed by atoms with Gasteiger partial charge in [0.15, 0.2) is 5.78 Å². The van der Waals surface area contributed by atoms with Crippen molar-refractivity contribution in [2.75, 3.05) is 5.32 Å². The summed E-state index contributed by atoms with van der Waals surface area (Å²) in [6.45, 7) is 3.80. The second-order valence-corrected chi connectivity index (χ2v) is 6.87. The van der Waals surface area contributed by atoms with Crippen LogP contribution in [0.15, 0.2) is 30.5 Å². The number of ketones is 1. The van der Waals surface area contributed by atoms with Crippen molar-refractivity contribution in [3.63, 3.8) is 0 Å². The van der Waals surface area contributed by atoms with E-state index in [-0.39, 0.29) is 29.5 Å². The van der Waals surface area contributed by atoms with Crippen LogP contribution >= 0.6 is 11.6 Å². The van der Waals surface area contributed by atoms with Gasteiger partial charge in [0.05, 0.1) is 11.3 Å². The van der Waals surface area contributed by atoms with Crippen molar-refractivity contribution in [3.05, 3.63) is 52.3 Å². The van der Waals surface area contributed by atoms with Gasteiger partial charge in [-0.05, 0) is 36.5 Å². The summed E-state index contributed by atoms with van der Waals surface area (Å²) in [5.41, 5.74) is 2.24. The van der Waals surface area contributed by atoms with Crippen LogP contribution in [0.4, 0.5) is 5.95 Å². The minimum Gasteiger partial charge on any atom is -0.294 e. The van der Waals surface area contributed by atoms with Crippen LogP contribution in [0.2, 0.25) is 5.02 Å². The van der Waals surface area contributed by atoms with Crippen LogP contribution in [0.3, 0.4) is 0 Å². The Morgan fingerprint density at radius 1 is 1.40 bits per heavy atom. The van der Waals surface area contributed by atoms with Crippen molar-refractivity contribution in [1.29, 1.82) is 0 Å². The van der Waals surface area contributed by atoms with Gasteiger partial charge in [0.25, 0.3) is 0 Å². The van der Waals surface area contributed by atoms with Gasteiger partial charge in [0.2, 0.25) is 11.9 Å². The molecule has 1 aliphatic rings. The van der Waals surface area contributed by atoms with Crippen molar-refractivity contribution < 1.29 is 9.59 Å². The van der Waals surface area contributed by atoms with E-state index < -0.39 is 0 Å². The summed E-state index contributed by atoms with van der Waals surface area (Å²) in [4.78, 5) is 33.0. The Kier molecular flexibility index (Phi) is 5.13. The predicted molar refractivity (Wildman–Crippen MR) is 97.0 cm³/mol. The molecule has 1 aromatic heterocycles. The average Bonchev–Trinajstić information content (AvgIpc) is 2.60. The van der Waals surface area contributed by atoms with Gasteiger partial charge in [-0.1, -0.05) is 37.6 Å². The van der Waals surface area contributed by atoms with E-state index in [9.17, 15) is 9.59 Å². The monoisotopic (exact) mass is 357 g/mol. The van der Waals surface area contributed by atoms with Crippen molar-refractivity contribution in [2.24, 2.45) is 5.92 Å². The lowest BCUT2D eigenvalue weighted by Gasteiger charge is -2.23. The highest BCUT2D eigenvalue weighted by molar-refractivity contribution is 6.30. The molecule has 2 aromatic rings. The molecule has 6 heteroatoms. The summed E-state index contributed by atoms with van der Waals surface area (Å²) in [7, 11) is 0. The maximum atomic E-state index is 12.4. The third-order valence-electron chi connectivity index (χ3n) is 4.65. The summed E-state index contributed by atoms with van der Waals surface area (Å²) < 4.78 is 0. The number of fused-ring (bicyclic) bond motifs is 1. The van der Waals surface area contributed by atoms with E-state index in [2.05, 4.69) is 15.3 Å². The van der Waals surface area contributed by atoms with Gasteiger partial charge in [-0.2, -0.15) is 0 Å². The summed E-state index contributed by atoms with van der Waals surface area (Å²) >= 11 is 6.07. The molecule has 5 nitrogen and oxygen atoms in total. The van der Waals surface area contributed by atoms with E-state index >= 15 is 0 Å². The van der Waals surface area contributed by atoms with E-state index in [1.807, 2.05) is 38.1 Å². The number of nitrogens with one attached hydrogen (secondary N) is 1. The van der Waals surface area contributed by atoms with E-state index in [1.54, 1.807) is 0 Å². The molecule has 0 fully saturated rings. The minimum absolute atomic E-state index is 0.0195. The maximum Gasteiger partial charge on any atom is 0.229 e. The first kappa shape index (κ1) is 17.5. The van der Waals surface area contributed by atoms with Crippen molar-refractivity contribution in [3.8, 4) is 0 Å². The SMILES string of the molecule is CC[C@H](C)C(=O)Nc1ncc2c(n1)C[C@H](c1cccc(Cl)c1)CC2=O. The van der Waals surface area contributed by atoms with Gasteiger partial charge >= 0.3 is 0 Å². The van der Waals surface area contributed by atoms with E-state index in [4.69, 9.17) is 11.6 Å². The molecule has 0 unspecified atom stereocenters. The Labute approximate surface area is 151 Å². The van der Waals surface area contributed by atoms with Gasteiger partial charge in [-0.3, -0.25) is 14.9 Å². The molecule has 1 heterocycles. The molecular weight excluding hydrogens is 338 g/mol. The highest BCUT2D eigenvalue weighted by Crippen LogP contribution is 2.32. The molecule has 0 saturated carbocycles. The molecule has 0 radical (unpaired) electrons. The van der Waals surface area contributed by atoms with E-state index in [0.717, 1.165) is 12.0 Å². The first-order chi connectivity index (χ1) is 12.0. The summed E-state index contributed by atoms with van der Waals surface area (Å²) in [5, 5.41) is 3.38. The molecular formula is C19H20ClN3O2. The Hall–Kier alpha value is -2.27. The molecule has 0 spiro atoms. The molecule has 25 heavy (non-hydrogen) atoms. The molecule has 2 atom stereocenters. The second kappa shape index (κ2) is 7.31. The summed E-state index contributed by atoms with van der Waals surface area (Å²) in [6.07, 6.45) is 3.29. The normalized spacial score (nSPS) is 17.7. The second-order valence-electron chi connectivity index (χ2n) is 6.44. The van der Waals surface area contributed by atoms with Crippen molar-refractivity contribution in [2.45, 2.75) is 39.0 Å². The first-order valence-corrected chi connectivity index (χ1v) is 8.81. The molecule has 0 aliphatic heterocycles. The van der Waals surface area contributed by atoms with Crippen molar-refractivity contribution >= 4 is 29.2 Å². The quantitative estimate of drug-likeness (QED) is 0.896. The number of aromatic nitrogens is 2. The Balaban J connectivity index is 1.85. The molecule has 130 valence electrons. The van der Waals surface area contributed by atoms with Gasteiger partial charge < -0.3 is 0 Å².